The van der Waals surface area contributed by atoms with Crippen molar-refractivity contribution in [3.8, 4) is 0 Å². The van der Waals surface area contributed by atoms with Crippen LogP contribution in [0.3, 0.4) is 0 Å². The van der Waals surface area contributed by atoms with Crippen LogP contribution in [0.5, 0.6) is 0 Å². The number of rotatable bonds is 19. The fourth-order valence-electron chi connectivity index (χ4n) is 27.1. The van der Waals surface area contributed by atoms with Gasteiger partial charge in [0, 0.05) is 0 Å². The second-order valence-corrected chi connectivity index (χ2v) is 72.5. The summed E-state index contributed by atoms with van der Waals surface area (Å²) in [7, 11) is 58.2. The van der Waals surface area contributed by atoms with E-state index in [0.717, 1.165) is 195 Å². The Morgan fingerprint density at radius 2 is 0.462 bits per heavy atom. The van der Waals surface area contributed by atoms with Gasteiger partial charge >= 0.3 is 227 Å². The van der Waals surface area contributed by atoms with Crippen molar-refractivity contribution < 1.29 is 125 Å². The normalized spacial score (nSPS) is 35.5. The summed E-state index contributed by atoms with van der Waals surface area (Å²) in [6.07, 6.45) is 55.9. The molecule has 12 aliphatic carbocycles. The van der Waals surface area contributed by atoms with Crippen LogP contribution >= 0.6 is 102 Å². The van der Waals surface area contributed by atoms with Gasteiger partial charge in [0.05, 0.1) is 8.07 Å². The molecule has 0 aromatic carbocycles. The van der Waals surface area contributed by atoms with Gasteiger partial charge in [-0.2, -0.15) is 0 Å². The Morgan fingerprint density at radius 1 is 0.223 bits per heavy atom. The third-order valence-electron chi connectivity index (χ3n) is 37.5. The predicted octanol–water partition coefficient (Wildman–Crippen LogP) is 46.2. The Hall–Kier alpha value is 9.00. The molecule has 0 N–H and O–H groups in total. The van der Waals surface area contributed by atoms with Crippen molar-refractivity contribution in [2.75, 3.05) is 0 Å². The van der Waals surface area contributed by atoms with Crippen LogP contribution in [0.4, 0.5) is 0 Å². The van der Waals surface area contributed by atoms with Gasteiger partial charge in [0.25, 0.3) is 0 Å². The summed E-state index contributed by atoms with van der Waals surface area (Å²) >= 11 is -4.95. The summed E-state index contributed by atoms with van der Waals surface area (Å²) in [5.41, 5.74) is 3.48. The number of hydrogen-bond acceptors (Lipinski definition) is 0. The molecule has 0 aliphatic heterocycles. The first kappa shape index (κ1) is 164. The molecule has 780 valence electrons. The van der Waals surface area contributed by atoms with E-state index in [0.29, 0.717) is 10.8 Å². The van der Waals surface area contributed by atoms with E-state index in [1.54, 1.807) is 77.0 Å². The third kappa shape index (κ3) is 59.1. The molecular formula is C111H224Cl12SiZr6. The van der Waals surface area contributed by atoms with E-state index in [-0.39, 0.29) is 89.1 Å². The van der Waals surface area contributed by atoms with E-state index in [1.807, 2.05) is 0 Å². The van der Waals surface area contributed by atoms with E-state index in [1.165, 1.54) is 161 Å². The van der Waals surface area contributed by atoms with Crippen molar-refractivity contribution in [2.24, 2.45) is 194 Å². The molecule has 12 saturated carbocycles. The van der Waals surface area contributed by atoms with Gasteiger partial charge in [-0.1, -0.05) is 321 Å². The van der Waals surface area contributed by atoms with E-state index in [2.05, 4.69) is 186 Å². The summed E-state index contributed by atoms with van der Waals surface area (Å²) in [5, 5.41) is 0. The van der Waals surface area contributed by atoms with Gasteiger partial charge < -0.3 is 89.1 Å². The molecule has 0 saturated heterocycles. The molecule has 0 radical (unpaired) electrons. The van der Waals surface area contributed by atoms with Crippen LogP contribution in [0.1, 0.15) is 411 Å². The van der Waals surface area contributed by atoms with Crippen LogP contribution < -0.4 is 0 Å². The first-order valence-electron chi connectivity index (χ1n) is 49.4. The number of halogens is 12. The van der Waals surface area contributed by atoms with E-state index in [4.69, 9.17) is 102 Å². The van der Waals surface area contributed by atoms with Crippen molar-refractivity contribution >= 4 is 110 Å². The van der Waals surface area contributed by atoms with E-state index >= 15 is 0 Å². The molecule has 0 aromatic rings. The fourth-order valence-corrected chi connectivity index (χ4v) is 31.7. The molecule has 29 atom stereocenters. The Labute approximate surface area is 940 Å². The Bertz CT molecular complexity index is 2240. The van der Waals surface area contributed by atoms with Crippen LogP contribution in [0, 0.1) is 283 Å². The minimum absolute atomic E-state index is 0. The molecular weight excluding hydrogens is 2330 g/mol. The minimum atomic E-state index is -0.963. The molecule has 29 unspecified atom stereocenters. The molecule has 19 heteroatoms. The average Bonchev–Trinajstić information content (AvgIpc) is 1.66. The third-order valence-corrected chi connectivity index (χ3v) is 42.7. The van der Waals surface area contributed by atoms with Gasteiger partial charge in [-0.25, -0.2) is 0 Å². The molecule has 0 amide bonds. The predicted molar refractivity (Wildman–Crippen MR) is 598 cm³/mol. The maximum atomic E-state index is 4.93. The zero-order valence-electron chi connectivity index (χ0n) is 93.3. The van der Waals surface area contributed by atoms with Crippen molar-refractivity contribution in [3.63, 3.8) is 0 Å². The first-order valence-corrected chi connectivity index (χ1v) is 90.5. The molecule has 12 fully saturated rings. The molecule has 12 aliphatic rings. The van der Waals surface area contributed by atoms with Gasteiger partial charge in [-0.15, -0.1) is 0 Å². The molecule has 0 nitrogen and oxygen atoms in total. The van der Waals surface area contributed by atoms with Crippen molar-refractivity contribution in [3.05, 3.63) is 89.1 Å². The van der Waals surface area contributed by atoms with E-state index < -0.39 is 133 Å². The summed E-state index contributed by atoms with van der Waals surface area (Å²) < 4.78 is 0. The quantitative estimate of drug-likeness (QED) is 0.0893. The zero-order valence-corrected chi connectivity index (χ0v) is 118. The monoisotopic (exact) mass is 2540 g/mol. The summed E-state index contributed by atoms with van der Waals surface area (Å²) in [4.78, 5) is 0. The van der Waals surface area contributed by atoms with Gasteiger partial charge in [-0.05, 0) is 308 Å². The Balaban J connectivity index is -0.000000122. The molecule has 0 aromatic heterocycles. The Morgan fingerprint density at radius 3 is 0.723 bits per heavy atom. The first-order chi connectivity index (χ1) is 55.6. The molecule has 0 heterocycles. The SMILES string of the molecule is CC1C(C)C(C)C(CCC2C(C)C(C)C(C)C2C)C1C.CC1CCC(C(C)(C)C2CC(C)C(C)C2)C1.CC1CCC(CCC2CCC(C)C2)C1.CC1CCC([Si](C)(C)C2CC(C)C(C)C2)C1.CCC1CCC(C(C)(C)C2CC(C)C(CC)C2)C1.CCC1CCC(CCC2CCC(CC)C2)C1.[CH3-].[CH3-].[CH3-].[CH3-].[CH3-].[CH3-].[CH3-].[CH3-].[CH3-].[CH3-].[CH3-].[CH3-].[Cl][Zr+2][Cl].[Cl][Zr+2][Cl].[Cl][Zr+2][Cl].[Cl][Zr+2][Cl].[Cl][Zr+2][Cl].[Cl][Zr+2][Cl]. The summed E-state index contributed by atoms with van der Waals surface area (Å²) in [5.74, 6) is 30.9. The number of hydrogen-bond donors (Lipinski definition) is 0. The van der Waals surface area contributed by atoms with Crippen molar-refractivity contribution in [2.45, 2.75) is 435 Å². The molecule has 12 rings (SSSR count). The van der Waals surface area contributed by atoms with Crippen LogP contribution in [0.25, 0.3) is 0 Å². The van der Waals surface area contributed by atoms with Gasteiger partial charge in [0.2, 0.25) is 0 Å². The molecule has 0 bridgehead atoms. The maximum absolute atomic E-state index is 4.93. The van der Waals surface area contributed by atoms with Crippen LogP contribution in [-0.4, -0.2) is 8.07 Å². The second kappa shape index (κ2) is 90.7. The van der Waals surface area contributed by atoms with Crippen LogP contribution in [0.2, 0.25) is 24.2 Å². The standard InChI is InChI=1S/C20H38.C18H34.2C16H30.C15H30Si.C14H26.12CH3.12ClH.6Zr/c1-11-12(2)16(6)19(15(11)5)9-10-20-17(7)13(3)14(4)18(20)8;1-6-14-8-9-16(11-14)18(4,5)17-10-13(3)15(7-2)12-17;1-11-6-7-14(8-11)16(4,5)15-9-12(2)13(3)10-15;1-3-13-5-7-15(11-13)9-10-16-8-6-14(4-2)12-16;1-11-6-7-14(8-11)16(4,5)15-9-12(2)13(3)10-15;1-11-3-5-13(9-11)7-8-14-6-4-12(2)10-14;;;;;;;;;;;;;;;;;;;;;;;;;;;;;;/h11-20H,9-10H2,1-8H3;13-17H,6-12H2,1-5H3;11-15H,6-10H2,1-5H3;13-16H,3-12H2,1-2H3;11-15H,6-10H2,1-5H3;11-14H,3-10H2,1-2H3;12*1H3;12*1H;;;;;;/q;;;;;;12*-1;;;;;;;;;;;;;6*+4/p-12. The average molecular weight is 2560 g/mol. The zero-order chi connectivity index (χ0) is 90.0. The van der Waals surface area contributed by atoms with Gasteiger partial charge in [0.1, 0.15) is 0 Å². The summed E-state index contributed by atoms with van der Waals surface area (Å²) in [6, 6.07) is 0. The topological polar surface area (TPSA) is 0 Å². The fraction of sp³-hybridized carbons (Fsp3) is 0.892. The van der Waals surface area contributed by atoms with E-state index in [9.17, 15) is 0 Å². The second-order valence-electron chi connectivity index (χ2n) is 44.9. The van der Waals surface area contributed by atoms with Crippen LogP contribution in [0.15, 0.2) is 0 Å². The van der Waals surface area contributed by atoms with Gasteiger partial charge in [-0.3, -0.25) is 0 Å². The van der Waals surface area contributed by atoms with Crippen LogP contribution in [-0.2, 0) is 125 Å². The van der Waals surface area contributed by atoms with Gasteiger partial charge in [0.15, 0.2) is 0 Å². The molecule has 0 spiro atoms. The molecule has 130 heavy (non-hydrogen) atoms. The van der Waals surface area contributed by atoms with Crippen molar-refractivity contribution in [1.29, 1.82) is 0 Å². The van der Waals surface area contributed by atoms with Crippen molar-refractivity contribution in [1.82, 2.24) is 0 Å². The Kier molecular flexibility index (Phi) is 114. The summed E-state index contributed by atoms with van der Waals surface area (Å²) in [6.45, 7) is 67.3.